The average Bonchev–Trinajstić information content (AvgIpc) is 3.61. The van der Waals surface area contributed by atoms with E-state index in [0.29, 0.717) is 32.2 Å². The molecule has 7 nitrogen and oxygen atoms in total. The number of aromatic nitrogens is 2. The van der Waals surface area contributed by atoms with E-state index in [2.05, 4.69) is 9.97 Å². The summed E-state index contributed by atoms with van der Waals surface area (Å²) in [5.74, 6) is 0.747. The molecule has 2 amide bonds. The van der Waals surface area contributed by atoms with Gasteiger partial charge in [0.1, 0.15) is 0 Å². The molecule has 0 N–H and O–H groups in total. The summed E-state index contributed by atoms with van der Waals surface area (Å²) in [7, 11) is 0. The Balaban J connectivity index is 1.41. The zero-order valence-electron chi connectivity index (χ0n) is 16.9. The molecule has 2 aliphatic rings. The normalized spacial score (nSPS) is 19.6. The van der Waals surface area contributed by atoms with E-state index in [1.165, 1.54) is 24.6 Å². The van der Waals surface area contributed by atoms with Crippen LogP contribution in [0.2, 0.25) is 0 Å². The monoisotopic (exact) mass is 426 g/mol. The maximum absolute atomic E-state index is 12.9. The van der Waals surface area contributed by atoms with Gasteiger partial charge in [-0.15, -0.1) is 0 Å². The minimum Gasteiger partial charge on any atom is -0.374 e. The van der Waals surface area contributed by atoms with E-state index < -0.39 is 0 Å². The zero-order chi connectivity index (χ0) is 20.8. The lowest BCUT2D eigenvalue weighted by Crippen LogP contribution is -2.40. The van der Waals surface area contributed by atoms with Crippen LogP contribution in [0.3, 0.4) is 0 Å². The second-order valence-electron chi connectivity index (χ2n) is 7.77. The highest BCUT2D eigenvalue weighted by Gasteiger charge is 2.32. The van der Waals surface area contributed by atoms with Gasteiger partial charge in [0, 0.05) is 44.8 Å². The van der Waals surface area contributed by atoms with Gasteiger partial charge in [-0.3, -0.25) is 14.6 Å². The first-order valence-corrected chi connectivity index (χ1v) is 11.3. The van der Waals surface area contributed by atoms with E-state index in [4.69, 9.17) is 4.74 Å². The van der Waals surface area contributed by atoms with Crippen LogP contribution in [0.1, 0.15) is 18.4 Å². The van der Waals surface area contributed by atoms with Gasteiger partial charge < -0.3 is 14.5 Å². The lowest BCUT2D eigenvalue weighted by molar-refractivity contribution is -0.137. The number of thioether (sulfide) groups is 1. The largest absolute Gasteiger partial charge is 0.374 e. The molecule has 4 rings (SSSR count). The molecular formula is C22H26N4O3S. The van der Waals surface area contributed by atoms with E-state index in [9.17, 15) is 9.59 Å². The Morgan fingerprint density at radius 1 is 1.17 bits per heavy atom. The van der Waals surface area contributed by atoms with Crippen LogP contribution in [0.15, 0.2) is 53.9 Å². The van der Waals surface area contributed by atoms with Gasteiger partial charge in [0.15, 0.2) is 0 Å². The van der Waals surface area contributed by atoms with Gasteiger partial charge in [0.2, 0.25) is 11.8 Å². The third kappa shape index (κ3) is 6.03. The Hall–Kier alpha value is -2.45. The molecule has 0 spiro atoms. The fourth-order valence-electron chi connectivity index (χ4n) is 3.36. The standard InChI is InChI=1S/C22H26N4O3S/c27-21-14-26(22(28)16-30-20-5-1-2-9-24-20)13-19(29-15-17-6-7-17)12-25(21)11-18-4-3-8-23-10-18/h1-5,8-10,17,19H,6-7,11-16H2/t19-/m1/s1. The number of carbonyl (C=O) groups excluding carboxylic acids is 2. The number of pyridine rings is 2. The molecule has 1 aliphatic heterocycles. The Labute approximate surface area is 180 Å². The summed E-state index contributed by atoms with van der Waals surface area (Å²) >= 11 is 1.39. The van der Waals surface area contributed by atoms with Crippen LogP contribution in [-0.2, 0) is 20.9 Å². The van der Waals surface area contributed by atoms with E-state index in [1.54, 1.807) is 28.4 Å². The number of ether oxygens (including phenoxy) is 1. The van der Waals surface area contributed by atoms with Crippen molar-refractivity contribution >= 4 is 23.6 Å². The van der Waals surface area contributed by atoms with Gasteiger partial charge >= 0.3 is 0 Å². The van der Waals surface area contributed by atoms with E-state index >= 15 is 0 Å². The molecule has 158 valence electrons. The van der Waals surface area contributed by atoms with Gasteiger partial charge in [-0.2, -0.15) is 0 Å². The molecule has 2 aromatic heterocycles. The van der Waals surface area contributed by atoms with Gasteiger partial charge in [-0.25, -0.2) is 4.98 Å². The summed E-state index contributed by atoms with van der Waals surface area (Å²) < 4.78 is 6.12. The van der Waals surface area contributed by atoms with E-state index in [-0.39, 0.29) is 30.2 Å². The molecule has 0 unspecified atom stereocenters. The summed E-state index contributed by atoms with van der Waals surface area (Å²) in [6, 6.07) is 9.44. The first kappa shape index (κ1) is 20.8. The lowest BCUT2D eigenvalue weighted by atomic mass is 10.2. The predicted octanol–water partition coefficient (Wildman–Crippen LogP) is 2.23. The summed E-state index contributed by atoms with van der Waals surface area (Å²) in [5.41, 5.74) is 0.970. The average molecular weight is 427 g/mol. The maximum Gasteiger partial charge on any atom is 0.242 e. The van der Waals surface area contributed by atoms with Crippen LogP contribution < -0.4 is 0 Å². The molecule has 30 heavy (non-hydrogen) atoms. The smallest absolute Gasteiger partial charge is 0.242 e. The SMILES string of the molecule is O=C(CSc1ccccn1)N1CC(=O)N(Cc2cccnc2)C[C@@H](OCC2CC2)C1. The third-order valence-corrected chi connectivity index (χ3v) is 6.15. The maximum atomic E-state index is 12.9. The Morgan fingerprint density at radius 3 is 2.80 bits per heavy atom. The molecule has 0 radical (unpaired) electrons. The van der Waals surface area contributed by atoms with Crippen molar-refractivity contribution in [1.82, 2.24) is 19.8 Å². The molecule has 0 bridgehead atoms. The molecule has 0 aromatic carbocycles. The fourth-order valence-corrected chi connectivity index (χ4v) is 4.12. The topological polar surface area (TPSA) is 75.6 Å². The Kier molecular flexibility index (Phi) is 6.96. The van der Waals surface area contributed by atoms with Crippen LogP contribution in [0.5, 0.6) is 0 Å². The number of rotatable bonds is 8. The van der Waals surface area contributed by atoms with Crippen LogP contribution in [-0.4, -0.2) is 69.7 Å². The van der Waals surface area contributed by atoms with Gasteiger partial charge in [0.05, 0.1) is 23.4 Å². The number of nitrogens with zero attached hydrogens (tertiary/aromatic N) is 4. The second kappa shape index (κ2) is 10.0. The third-order valence-electron chi connectivity index (χ3n) is 5.22. The molecule has 3 heterocycles. The second-order valence-corrected chi connectivity index (χ2v) is 8.76. The molecule has 1 saturated carbocycles. The summed E-state index contributed by atoms with van der Waals surface area (Å²) in [6.07, 6.45) is 7.42. The van der Waals surface area contributed by atoms with Crippen LogP contribution in [0.25, 0.3) is 0 Å². The molecule has 8 heteroatoms. The zero-order valence-corrected chi connectivity index (χ0v) is 17.7. The molecular weight excluding hydrogens is 400 g/mol. The Morgan fingerprint density at radius 2 is 2.07 bits per heavy atom. The molecule has 2 aromatic rings. The molecule has 2 fully saturated rings. The van der Waals surface area contributed by atoms with Crippen molar-refractivity contribution in [2.24, 2.45) is 5.92 Å². The van der Waals surface area contributed by atoms with E-state index in [0.717, 1.165) is 10.6 Å². The van der Waals surface area contributed by atoms with Gasteiger partial charge in [-0.1, -0.05) is 23.9 Å². The van der Waals surface area contributed by atoms with Crippen molar-refractivity contribution in [3.63, 3.8) is 0 Å². The molecule has 1 atom stereocenters. The van der Waals surface area contributed by atoms with Crippen molar-refractivity contribution in [2.75, 3.05) is 32.0 Å². The highest BCUT2D eigenvalue weighted by molar-refractivity contribution is 7.99. The van der Waals surface area contributed by atoms with Crippen molar-refractivity contribution in [3.8, 4) is 0 Å². The molecule has 1 saturated heterocycles. The highest BCUT2D eigenvalue weighted by Crippen LogP contribution is 2.29. The Bertz CT molecular complexity index is 848. The van der Waals surface area contributed by atoms with Crippen LogP contribution in [0.4, 0.5) is 0 Å². The summed E-state index contributed by atoms with van der Waals surface area (Å²) in [4.78, 5) is 37.6. The van der Waals surface area contributed by atoms with Crippen LogP contribution in [0, 0.1) is 5.92 Å². The van der Waals surface area contributed by atoms with Gasteiger partial charge in [-0.05, 0) is 42.5 Å². The summed E-state index contributed by atoms with van der Waals surface area (Å²) in [6.45, 7) is 2.16. The number of amides is 2. The van der Waals surface area contributed by atoms with Crippen LogP contribution >= 0.6 is 11.8 Å². The fraction of sp³-hybridized carbons (Fsp3) is 0.455. The minimum atomic E-state index is -0.183. The quantitative estimate of drug-likeness (QED) is 0.603. The summed E-state index contributed by atoms with van der Waals surface area (Å²) in [5, 5.41) is 0.798. The number of hydrogen-bond acceptors (Lipinski definition) is 6. The van der Waals surface area contributed by atoms with Crippen molar-refractivity contribution < 1.29 is 14.3 Å². The molecule has 1 aliphatic carbocycles. The minimum absolute atomic E-state index is 0.0624. The van der Waals surface area contributed by atoms with Crippen molar-refractivity contribution in [2.45, 2.75) is 30.5 Å². The van der Waals surface area contributed by atoms with E-state index in [1.807, 2.05) is 30.3 Å². The highest BCUT2D eigenvalue weighted by atomic mass is 32.2. The predicted molar refractivity (Wildman–Crippen MR) is 114 cm³/mol. The van der Waals surface area contributed by atoms with Gasteiger partial charge in [0.25, 0.3) is 0 Å². The first-order chi connectivity index (χ1) is 14.7. The first-order valence-electron chi connectivity index (χ1n) is 10.3. The van der Waals surface area contributed by atoms with Crippen molar-refractivity contribution in [1.29, 1.82) is 0 Å². The number of hydrogen-bond donors (Lipinski definition) is 0. The number of carbonyl (C=O) groups is 2. The lowest BCUT2D eigenvalue weighted by Gasteiger charge is -2.25. The van der Waals surface area contributed by atoms with Crippen molar-refractivity contribution in [3.05, 3.63) is 54.5 Å².